The zero-order valence-corrected chi connectivity index (χ0v) is 11.6. The molecule has 0 aliphatic carbocycles. The molecule has 1 aromatic heterocycles. The molecule has 0 fully saturated rings. The molecule has 0 saturated carbocycles. The van der Waals surface area contributed by atoms with Gasteiger partial charge in [-0.2, -0.15) is 13.2 Å². The van der Waals surface area contributed by atoms with Gasteiger partial charge in [-0.1, -0.05) is 23.7 Å². The largest absolute Gasteiger partial charge is 0.458 e. The molecular weight excluding hydrogens is 321 g/mol. The third-order valence-corrected chi connectivity index (χ3v) is 3.44. The molecule has 1 atom stereocenters. The van der Waals surface area contributed by atoms with Gasteiger partial charge in [-0.15, -0.1) is 0 Å². The van der Waals surface area contributed by atoms with Gasteiger partial charge in [0.1, 0.15) is 5.69 Å². The van der Waals surface area contributed by atoms with Crippen LogP contribution in [0.3, 0.4) is 0 Å². The van der Waals surface area contributed by atoms with Crippen LogP contribution in [-0.2, 0) is 11.0 Å². The number of rotatable bonds is 1. The molecule has 2 aromatic rings. The minimum atomic E-state index is -4.43. The van der Waals surface area contributed by atoms with E-state index in [2.05, 4.69) is 10.3 Å². The van der Waals surface area contributed by atoms with Crippen LogP contribution in [0.4, 0.5) is 18.9 Å². The Bertz CT molecular complexity index is 732. The molecule has 0 spiro atoms. The molecule has 0 radical (unpaired) electrons. The molecule has 0 bridgehead atoms. The van der Waals surface area contributed by atoms with Crippen LogP contribution < -0.4 is 10.1 Å². The number of fused-ring (bicyclic) bond motifs is 1. The lowest BCUT2D eigenvalue weighted by Crippen LogP contribution is -2.30. The Labute approximate surface area is 127 Å². The highest BCUT2D eigenvalue weighted by Crippen LogP contribution is 2.38. The Morgan fingerprint density at radius 1 is 1.18 bits per heavy atom. The summed E-state index contributed by atoms with van der Waals surface area (Å²) in [5, 5.41) is 2.81. The van der Waals surface area contributed by atoms with E-state index in [4.69, 9.17) is 16.3 Å². The first-order valence-corrected chi connectivity index (χ1v) is 6.53. The minimum absolute atomic E-state index is 0.122. The quantitative estimate of drug-likeness (QED) is 0.865. The van der Waals surface area contributed by atoms with E-state index in [9.17, 15) is 18.0 Å². The highest BCUT2D eigenvalue weighted by atomic mass is 35.5. The first kappa shape index (κ1) is 14.6. The van der Waals surface area contributed by atoms with Crippen molar-refractivity contribution in [3.8, 4) is 5.88 Å². The van der Waals surface area contributed by atoms with Crippen molar-refractivity contribution in [3.63, 3.8) is 0 Å². The molecule has 22 heavy (non-hydrogen) atoms. The third-order valence-electron chi connectivity index (χ3n) is 3.12. The SMILES string of the molecule is O=C1Nc2c(Cl)ccnc2OC1c1ccc(C(F)(F)F)cc1. The highest BCUT2D eigenvalue weighted by Gasteiger charge is 2.33. The summed E-state index contributed by atoms with van der Waals surface area (Å²) in [4.78, 5) is 16.0. The predicted molar refractivity (Wildman–Crippen MR) is 72.7 cm³/mol. The van der Waals surface area contributed by atoms with E-state index in [-0.39, 0.29) is 22.2 Å². The van der Waals surface area contributed by atoms with Crippen molar-refractivity contribution in [1.29, 1.82) is 0 Å². The topological polar surface area (TPSA) is 51.2 Å². The summed E-state index contributed by atoms with van der Waals surface area (Å²) in [5.41, 5.74) is -0.260. The average Bonchev–Trinajstić information content (AvgIpc) is 2.47. The monoisotopic (exact) mass is 328 g/mol. The molecule has 1 N–H and O–H groups in total. The van der Waals surface area contributed by atoms with Crippen LogP contribution in [0.2, 0.25) is 5.02 Å². The van der Waals surface area contributed by atoms with Crippen molar-refractivity contribution < 1.29 is 22.7 Å². The van der Waals surface area contributed by atoms with Gasteiger partial charge >= 0.3 is 6.18 Å². The van der Waals surface area contributed by atoms with Crippen LogP contribution in [0.1, 0.15) is 17.2 Å². The molecular formula is C14H8ClF3N2O2. The fraction of sp³-hybridized carbons (Fsp3) is 0.143. The average molecular weight is 329 g/mol. The summed E-state index contributed by atoms with van der Waals surface area (Å²) < 4.78 is 43.1. The molecule has 1 aromatic carbocycles. The molecule has 3 rings (SSSR count). The Morgan fingerprint density at radius 3 is 2.50 bits per heavy atom. The van der Waals surface area contributed by atoms with Crippen LogP contribution in [-0.4, -0.2) is 10.9 Å². The van der Waals surface area contributed by atoms with Crippen molar-refractivity contribution >= 4 is 23.2 Å². The van der Waals surface area contributed by atoms with Gasteiger partial charge in [-0.3, -0.25) is 4.79 Å². The molecule has 1 amide bonds. The maximum atomic E-state index is 12.5. The maximum absolute atomic E-state index is 12.5. The molecule has 0 saturated heterocycles. The Balaban J connectivity index is 1.91. The van der Waals surface area contributed by atoms with Gasteiger partial charge in [0, 0.05) is 11.8 Å². The van der Waals surface area contributed by atoms with E-state index in [1.54, 1.807) is 0 Å². The lowest BCUT2D eigenvalue weighted by atomic mass is 10.0. The second-order valence-corrected chi connectivity index (χ2v) is 4.99. The molecule has 1 aliphatic heterocycles. The van der Waals surface area contributed by atoms with Crippen molar-refractivity contribution in [2.45, 2.75) is 12.3 Å². The van der Waals surface area contributed by atoms with E-state index in [0.29, 0.717) is 0 Å². The maximum Gasteiger partial charge on any atom is 0.416 e. The summed E-state index contributed by atoms with van der Waals surface area (Å²) in [5.74, 6) is -0.404. The molecule has 1 aliphatic rings. The number of nitrogens with one attached hydrogen (secondary N) is 1. The number of nitrogens with zero attached hydrogens (tertiary/aromatic N) is 1. The fourth-order valence-electron chi connectivity index (χ4n) is 2.04. The van der Waals surface area contributed by atoms with E-state index >= 15 is 0 Å². The number of anilines is 1. The first-order valence-electron chi connectivity index (χ1n) is 6.15. The number of hydrogen-bond acceptors (Lipinski definition) is 3. The third kappa shape index (κ3) is 2.59. The van der Waals surface area contributed by atoms with E-state index < -0.39 is 23.8 Å². The van der Waals surface area contributed by atoms with Crippen LogP contribution in [0.5, 0.6) is 5.88 Å². The molecule has 114 valence electrons. The van der Waals surface area contributed by atoms with Gasteiger partial charge in [0.05, 0.1) is 10.6 Å². The van der Waals surface area contributed by atoms with E-state index in [1.165, 1.54) is 24.4 Å². The molecule has 1 unspecified atom stereocenters. The molecule has 2 heterocycles. The Hall–Kier alpha value is -2.28. The predicted octanol–water partition coefficient (Wildman–Crippen LogP) is 3.83. The van der Waals surface area contributed by atoms with Crippen LogP contribution in [0.25, 0.3) is 0 Å². The van der Waals surface area contributed by atoms with Crippen LogP contribution in [0.15, 0.2) is 36.5 Å². The van der Waals surface area contributed by atoms with Crippen molar-refractivity contribution in [1.82, 2.24) is 4.98 Å². The minimum Gasteiger partial charge on any atom is -0.458 e. The summed E-state index contributed by atoms with van der Waals surface area (Å²) >= 11 is 5.91. The normalized spacial score (nSPS) is 17.5. The van der Waals surface area contributed by atoms with Crippen molar-refractivity contribution in [2.75, 3.05) is 5.32 Å². The molecule has 8 heteroatoms. The number of benzene rings is 1. The highest BCUT2D eigenvalue weighted by molar-refractivity contribution is 6.34. The Morgan fingerprint density at radius 2 is 1.86 bits per heavy atom. The van der Waals surface area contributed by atoms with Gasteiger partial charge in [0.15, 0.2) is 0 Å². The van der Waals surface area contributed by atoms with Crippen LogP contribution >= 0.6 is 11.6 Å². The standard InChI is InChI=1S/C14H8ClF3N2O2/c15-9-5-6-19-13-10(9)20-12(21)11(22-13)7-1-3-8(4-2-7)14(16,17)18/h1-6,11H,(H,20,21). The van der Waals surface area contributed by atoms with Crippen molar-refractivity contribution in [3.05, 3.63) is 52.7 Å². The lowest BCUT2D eigenvalue weighted by molar-refractivity contribution is -0.137. The number of carbonyl (C=O) groups is 1. The number of aromatic nitrogens is 1. The van der Waals surface area contributed by atoms with Gasteiger partial charge in [-0.25, -0.2) is 4.98 Å². The van der Waals surface area contributed by atoms with Gasteiger partial charge in [0.2, 0.25) is 12.0 Å². The zero-order chi connectivity index (χ0) is 15.9. The second-order valence-electron chi connectivity index (χ2n) is 4.58. The van der Waals surface area contributed by atoms with Gasteiger partial charge in [0.25, 0.3) is 5.91 Å². The number of carbonyl (C=O) groups excluding carboxylic acids is 1. The second kappa shape index (κ2) is 5.17. The summed E-state index contributed by atoms with van der Waals surface area (Å²) in [6.45, 7) is 0. The van der Waals surface area contributed by atoms with E-state index in [1.807, 2.05) is 0 Å². The summed E-state index contributed by atoms with van der Waals surface area (Å²) in [6.07, 6.45) is -4.11. The lowest BCUT2D eigenvalue weighted by Gasteiger charge is -2.25. The van der Waals surface area contributed by atoms with Gasteiger partial charge in [-0.05, 0) is 18.2 Å². The number of halogens is 4. The van der Waals surface area contributed by atoms with Gasteiger partial charge < -0.3 is 10.1 Å². The smallest absolute Gasteiger partial charge is 0.416 e. The zero-order valence-electron chi connectivity index (χ0n) is 10.8. The number of amides is 1. The summed E-state index contributed by atoms with van der Waals surface area (Å²) in [6, 6.07) is 5.67. The van der Waals surface area contributed by atoms with Crippen LogP contribution in [0, 0.1) is 0 Å². The Kier molecular flexibility index (Phi) is 3.44. The number of hydrogen-bond donors (Lipinski definition) is 1. The molecule has 4 nitrogen and oxygen atoms in total. The van der Waals surface area contributed by atoms with E-state index in [0.717, 1.165) is 12.1 Å². The fourth-order valence-corrected chi connectivity index (χ4v) is 2.23. The first-order chi connectivity index (χ1) is 10.4. The van der Waals surface area contributed by atoms with Crippen molar-refractivity contribution in [2.24, 2.45) is 0 Å². The number of pyridine rings is 1. The number of ether oxygens (including phenoxy) is 1. The summed E-state index contributed by atoms with van der Waals surface area (Å²) in [7, 11) is 0. The number of alkyl halides is 3.